The van der Waals surface area contributed by atoms with Crippen LogP contribution < -0.4 is 5.32 Å². The zero-order valence-corrected chi connectivity index (χ0v) is 12.0. The van der Waals surface area contributed by atoms with Gasteiger partial charge in [-0.15, -0.1) is 0 Å². The molecule has 2 unspecified atom stereocenters. The summed E-state index contributed by atoms with van der Waals surface area (Å²) in [7, 11) is 0. The van der Waals surface area contributed by atoms with Gasteiger partial charge in [-0.2, -0.15) is 0 Å². The lowest BCUT2D eigenvalue weighted by molar-refractivity contribution is 0.303. The summed E-state index contributed by atoms with van der Waals surface area (Å²) in [4.78, 5) is 0. The molecule has 1 aromatic rings. The molecule has 98 valence electrons. The average molecular weight is 284 g/mol. The van der Waals surface area contributed by atoms with Gasteiger partial charge >= 0.3 is 0 Å². The fourth-order valence-corrected chi connectivity index (χ4v) is 3.64. The van der Waals surface area contributed by atoms with E-state index in [1.54, 1.807) is 0 Å². The van der Waals surface area contributed by atoms with Gasteiger partial charge in [0.25, 0.3) is 0 Å². The molecule has 2 saturated carbocycles. The fourth-order valence-electron chi connectivity index (χ4n) is 3.18. The third-order valence-electron chi connectivity index (χ3n) is 4.29. The molecule has 0 heterocycles. The van der Waals surface area contributed by atoms with E-state index in [0.717, 1.165) is 22.5 Å². The monoisotopic (exact) mass is 283 g/mol. The first-order valence-electron chi connectivity index (χ1n) is 6.94. The van der Waals surface area contributed by atoms with Crippen LogP contribution in [0.15, 0.2) is 18.2 Å². The minimum absolute atomic E-state index is 0.586. The first-order valence-corrected chi connectivity index (χ1v) is 7.69. The summed E-state index contributed by atoms with van der Waals surface area (Å²) >= 11 is 12.1. The van der Waals surface area contributed by atoms with Gasteiger partial charge in [-0.25, -0.2) is 0 Å². The van der Waals surface area contributed by atoms with E-state index in [1.807, 2.05) is 18.2 Å². The van der Waals surface area contributed by atoms with Gasteiger partial charge in [0.1, 0.15) is 0 Å². The quantitative estimate of drug-likeness (QED) is 0.786. The van der Waals surface area contributed by atoms with Crippen molar-refractivity contribution in [1.29, 1.82) is 0 Å². The second-order valence-corrected chi connectivity index (χ2v) is 6.57. The third kappa shape index (κ3) is 2.95. The number of nitrogens with one attached hydrogen (secondary N) is 1. The van der Waals surface area contributed by atoms with Crippen LogP contribution in [0.25, 0.3) is 0 Å². The van der Waals surface area contributed by atoms with E-state index < -0.39 is 0 Å². The van der Waals surface area contributed by atoms with Gasteiger partial charge in [0.05, 0.1) is 10.7 Å². The van der Waals surface area contributed by atoms with E-state index >= 15 is 0 Å². The van der Waals surface area contributed by atoms with E-state index in [2.05, 4.69) is 5.32 Å². The Morgan fingerprint density at radius 2 is 1.83 bits per heavy atom. The lowest BCUT2D eigenvalue weighted by Crippen LogP contribution is -2.28. The highest BCUT2D eigenvalue weighted by Gasteiger charge is 2.34. The molecule has 3 heteroatoms. The lowest BCUT2D eigenvalue weighted by atomic mass is 9.82. The molecule has 1 nitrogen and oxygen atoms in total. The van der Waals surface area contributed by atoms with Gasteiger partial charge in [-0.3, -0.25) is 0 Å². The van der Waals surface area contributed by atoms with Gasteiger partial charge in [0, 0.05) is 11.1 Å². The summed E-state index contributed by atoms with van der Waals surface area (Å²) in [6.07, 6.45) is 8.27. The minimum atomic E-state index is 0.586. The summed E-state index contributed by atoms with van der Waals surface area (Å²) in [6, 6.07) is 6.29. The fraction of sp³-hybridized carbons (Fsp3) is 0.600. The van der Waals surface area contributed by atoms with Gasteiger partial charge in [0.2, 0.25) is 0 Å². The van der Waals surface area contributed by atoms with Gasteiger partial charge in [-0.1, -0.05) is 36.0 Å². The summed E-state index contributed by atoms with van der Waals surface area (Å²) in [5, 5.41) is 5.03. The van der Waals surface area contributed by atoms with Crippen molar-refractivity contribution in [3.05, 3.63) is 28.2 Å². The highest BCUT2D eigenvalue weighted by Crippen LogP contribution is 2.44. The molecule has 18 heavy (non-hydrogen) atoms. The number of hydrogen-bond acceptors (Lipinski definition) is 1. The smallest absolute Gasteiger partial charge is 0.0652 e. The molecule has 0 radical (unpaired) electrons. The molecule has 0 saturated heterocycles. The molecule has 2 atom stereocenters. The first kappa shape index (κ1) is 12.6. The van der Waals surface area contributed by atoms with Crippen molar-refractivity contribution in [2.45, 2.75) is 44.6 Å². The second kappa shape index (κ2) is 5.30. The minimum Gasteiger partial charge on any atom is -0.381 e. The molecule has 0 aliphatic heterocycles. The van der Waals surface area contributed by atoms with Crippen LogP contribution in [0.1, 0.15) is 38.5 Å². The Morgan fingerprint density at radius 3 is 2.56 bits per heavy atom. The highest BCUT2D eigenvalue weighted by molar-refractivity contribution is 6.36. The van der Waals surface area contributed by atoms with Crippen LogP contribution in [0.4, 0.5) is 5.69 Å². The predicted octanol–water partition coefficient (Wildman–Crippen LogP) is 5.37. The third-order valence-corrected chi connectivity index (χ3v) is 4.84. The van der Waals surface area contributed by atoms with Crippen molar-refractivity contribution >= 4 is 28.9 Å². The Hall–Kier alpha value is -0.400. The SMILES string of the molecule is Clc1ccc(NC2CCCC(C3CC3)C2)c(Cl)c1. The van der Waals surface area contributed by atoms with Crippen molar-refractivity contribution in [2.75, 3.05) is 5.32 Å². The molecule has 0 bridgehead atoms. The average Bonchev–Trinajstić information content (AvgIpc) is 3.17. The number of hydrogen-bond donors (Lipinski definition) is 1. The molecule has 3 rings (SSSR count). The maximum Gasteiger partial charge on any atom is 0.0652 e. The standard InChI is InChI=1S/C15H19Cl2N/c16-12-6-7-15(14(17)9-12)18-13-3-1-2-11(8-13)10-4-5-10/h6-7,9-11,13,18H,1-5,8H2. The van der Waals surface area contributed by atoms with Gasteiger partial charge in [0.15, 0.2) is 0 Å². The zero-order chi connectivity index (χ0) is 12.5. The Bertz CT molecular complexity index is 429. The molecule has 0 spiro atoms. The molecular weight excluding hydrogens is 265 g/mol. The van der Waals surface area contributed by atoms with Crippen LogP contribution in [-0.2, 0) is 0 Å². The summed E-state index contributed by atoms with van der Waals surface area (Å²) in [5.41, 5.74) is 1.03. The van der Waals surface area contributed by atoms with E-state index in [9.17, 15) is 0 Å². The highest BCUT2D eigenvalue weighted by atomic mass is 35.5. The largest absolute Gasteiger partial charge is 0.381 e. The number of benzene rings is 1. The lowest BCUT2D eigenvalue weighted by Gasteiger charge is -2.30. The summed E-state index contributed by atoms with van der Waals surface area (Å²) in [5.74, 6) is 1.97. The molecule has 1 N–H and O–H groups in total. The van der Waals surface area contributed by atoms with Crippen molar-refractivity contribution in [1.82, 2.24) is 0 Å². The summed E-state index contributed by atoms with van der Waals surface area (Å²) < 4.78 is 0. The van der Waals surface area contributed by atoms with Crippen molar-refractivity contribution in [2.24, 2.45) is 11.8 Å². The van der Waals surface area contributed by atoms with Crippen molar-refractivity contribution in [3.63, 3.8) is 0 Å². The Kier molecular flexibility index (Phi) is 3.72. The molecule has 2 aliphatic rings. The first-order chi connectivity index (χ1) is 8.72. The van der Waals surface area contributed by atoms with E-state index in [0.29, 0.717) is 11.1 Å². The van der Waals surface area contributed by atoms with E-state index in [1.165, 1.54) is 38.5 Å². The van der Waals surface area contributed by atoms with Crippen LogP contribution in [0.3, 0.4) is 0 Å². The van der Waals surface area contributed by atoms with Crippen LogP contribution in [0.5, 0.6) is 0 Å². The van der Waals surface area contributed by atoms with Gasteiger partial charge in [-0.05, 0) is 55.7 Å². The van der Waals surface area contributed by atoms with Crippen LogP contribution in [0.2, 0.25) is 10.0 Å². The van der Waals surface area contributed by atoms with Crippen molar-refractivity contribution in [3.8, 4) is 0 Å². The van der Waals surface area contributed by atoms with Crippen LogP contribution in [0, 0.1) is 11.8 Å². The molecular formula is C15H19Cl2N. The van der Waals surface area contributed by atoms with E-state index in [-0.39, 0.29) is 0 Å². The summed E-state index contributed by atoms with van der Waals surface area (Å²) in [6.45, 7) is 0. The Balaban J connectivity index is 1.64. The van der Waals surface area contributed by atoms with Gasteiger partial charge < -0.3 is 5.32 Å². The van der Waals surface area contributed by atoms with Crippen LogP contribution in [-0.4, -0.2) is 6.04 Å². The molecule has 2 fully saturated rings. The number of anilines is 1. The molecule has 1 aromatic carbocycles. The number of halogens is 2. The van der Waals surface area contributed by atoms with Crippen LogP contribution >= 0.6 is 23.2 Å². The molecule has 0 aromatic heterocycles. The van der Waals surface area contributed by atoms with Crippen molar-refractivity contribution < 1.29 is 0 Å². The topological polar surface area (TPSA) is 12.0 Å². The zero-order valence-electron chi connectivity index (χ0n) is 10.5. The maximum absolute atomic E-state index is 6.21. The maximum atomic E-state index is 6.21. The van der Waals surface area contributed by atoms with E-state index in [4.69, 9.17) is 23.2 Å². The molecule has 2 aliphatic carbocycles. The Labute approximate surface area is 119 Å². The number of rotatable bonds is 3. The second-order valence-electron chi connectivity index (χ2n) is 5.73. The Morgan fingerprint density at radius 1 is 1.00 bits per heavy atom. The normalized spacial score (nSPS) is 28.1. The predicted molar refractivity (Wildman–Crippen MR) is 78.6 cm³/mol. The molecule has 0 amide bonds.